The van der Waals surface area contributed by atoms with Crippen LogP contribution in [0.25, 0.3) is 0 Å². The van der Waals surface area contributed by atoms with E-state index in [1.165, 1.54) is 40.6 Å². The number of sulfonamides is 1. The molecule has 1 aliphatic rings. The first kappa shape index (κ1) is 20.5. The number of carbonyl (C=O) groups is 1. The Hall–Kier alpha value is -2.21. The molecule has 0 radical (unpaired) electrons. The largest absolute Gasteiger partial charge is 0.496 e. The van der Waals surface area contributed by atoms with Crippen molar-refractivity contribution in [3.05, 3.63) is 50.3 Å². The van der Waals surface area contributed by atoms with Crippen LogP contribution in [0.4, 0.5) is 5.69 Å². The zero-order valence-corrected chi connectivity index (χ0v) is 17.1. The Balaban J connectivity index is 1.76. The molecule has 12 heteroatoms. The van der Waals surface area contributed by atoms with Crippen LogP contribution < -0.4 is 4.74 Å². The second-order valence-electron chi connectivity index (χ2n) is 5.90. The fourth-order valence-electron chi connectivity index (χ4n) is 2.84. The van der Waals surface area contributed by atoms with Crippen LogP contribution in [0.1, 0.15) is 10.4 Å². The number of amides is 1. The molecule has 0 saturated carbocycles. The normalized spacial score (nSPS) is 15.4. The summed E-state index contributed by atoms with van der Waals surface area (Å²) in [4.78, 5) is 24.7. The van der Waals surface area contributed by atoms with Crippen LogP contribution in [0, 0.1) is 10.1 Å². The molecule has 2 heterocycles. The predicted molar refractivity (Wildman–Crippen MR) is 104 cm³/mol. The molecule has 1 fully saturated rings. The van der Waals surface area contributed by atoms with Gasteiger partial charge in [0.05, 0.1) is 21.9 Å². The minimum atomic E-state index is -3.67. The number of nitrogens with zero attached hydrogens (tertiary/aromatic N) is 3. The van der Waals surface area contributed by atoms with E-state index < -0.39 is 20.9 Å². The molecule has 0 bridgehead atoms. The summed E-state index contributed by atoms with van der Waals surface area (Å²) in [7, 11) is -2.30. The molecule has 0 atom stereocenters. The van der Waals surface area contributed by atoms with Crippen molar-refractivity contribution in [3.63, 3.8) is 0 Å². The highest BCUT2D eigenvalue weighted by Gasteiger charge is 2.32. The lowest BCUT2D eigenvalue weighted by Crippen LogP contribution is -2.50. The van der Waals surface area contributed by atoms with Crippen LogP contribution in [-0.2, 0) is 10.0 Å². The van der Waals surface area contributed by atoms with Gasteiger partial charge in [-0.1, -0.05) is 11.6 Å². The Kier molecular flexibility index (Phi) is 5.89. The molecule has 2 aromatic rings. The molecule has 1 aliphatic heterocycles. The van der Waals surface area contributed by atoms with Crippen molar-refractivity contribution in [2.45, 2.75) is 4.21 Å². The van der Waals surface area contributed by atoms with Gasteiger partial charge in [0.15, 0.2) is 0 Å². The number of hydrogen-bond donors (Lipinski definition) is 0. The highest BCUT2D eigenvalue weighted by molar-refractivity contribution is 7.91. The van der Waals surface area contributed by atoms with Gasteiger partial charge in [0.2, 0.25) is 0 Å². The molecule has 0 aliphatic carbocycles. The summed E-state index contributed by atoms with van der Waals surface area (Å²) in [6.45, 7) is 0.535. The maximum Gasteiger partial charge on any atom is 0.270 e. The van der Waals surface area contributed by atoms with Crippen LogP contribution in [0.2, 0.25) is 4.34 Å². The number of ether oxygens (including phenoxy) is 1. The van der Waals surface area contributed by atoms with E-state index in [2.05, 4.69) is 0 Å². The van der Waals surface area contributed by atoms with Gasteiger partial charge in [0.25, 0.3) is 21.6 Å². The zero-order chi connectivity index (χ0) is 20.5. The summed E-state index contributed by atoms with van der Waals surface area (Å²) < 4.78 is 32.3. The van der Waals surface area contributed by atoms with Gasteiger partial charge >= 0.3 is 0 Å². The number of thiophene rings is 1. The molecule has 150 valence electrons. The average Bonchev–Trinajstić information content (AvgIpc) is 3.14. The van der Waals surface area contributed by atoms with Gasteiger partial charge in [-0.15, -0.1) is 11.3 Å². The molecule has 3 rings (SSSR count). The van der Waals surface area contributed by atoms with Gasteiger partial charge < -0.3 is 9.64 Å². The molecule has 1 amide bonds. The number of carbonyl (C=O) groups excluding carboxylic acids is 1. The van der Waals surface area contributed by atoms with Gasteiger partial charge in [0.1, 0.15) is 9.96 Å². The monoisotopic (exact) mass is 445 g/mol. The van der Waals surface area contributed by atoms with E-state index in [1.54, 1.807) is 0 Å². The SMILES string of the molecule is COc1ccc([N+](=O)[O-])cc1C(=O)N1CCN(S(=O)(=O)c2ccc(Cl)s2)CC1. The van der Waals surface area contributed by atoms with E-state index in [9.17, 15) is 23.3 Å². The number of nitro benzene ring substituents is 1. The summed E-state index contributed by atoms with van der Waals surface area (Å²) in [6, 6.07) is 6.76. The highest BCUT2D eigenvalue weighted by Crippen LogP contribution is 2.29. The predicted octanol–water partition coefficient (Wildman–Crippen LogP) is 2.47. The lowest BCUT2D eigenvalue weighted by atomic mass is 10.1. The van der Waals surface area contributed by atoms with Crippen molar-refractivity contribution in [1.82, 2.24) is 9.21 Å². The smallest absolute Gasteiger partial charge is 0.270 e. The molecule has 0 spiro atoms. The number of non-ortho nitro benzene ring substituents is 1. The first-order chi connectivity index (χ1) is 13.2. The third-order valence-corrected chi connectivity index (χ3v) is 7.89. The average molecular weight is 446 g/mol. The van der Waals surface area contributed by atoms with E-state index in [-0.39, 0.29) is 47.4 Å². The maximum absolute atomic E-state index is 12.8. The molecule has 28 heavy (non-hydrogen) atoms. The van der Waals surface area contributed by atoms with Crippen molar-refractivity contribution in [3.8, 4) is 5.75 Å². The first-order valence-electron chi connectivity index (χ1n) is 8.11. The second-order valence-corrected chi connectivity index (χ2v) is 9.78. The van der Waals surface area contributed by atoms with E-state index >= 15 is 0 Å². The number of piperazine rings is 1. The lowest BCUT2D eigenvalue weighted by Gasteiger charge is -2.33. The third-order valence-electron chi connectivity index (χ3n) is 4.29. The third kappa shape index (κ3) is 3.97. The quantitative estimate of drug-likeness (QED) is 0.516. The van der Waals surface area contributed by atoms with Crippen LogP contribution >= 0.6 is 22.9 Å². The fourth-order valence-corrected chi connectivity index (χ4v) is 5.90. The number of methoxy groups -OCH3 is 1. The van der Waals surface area contributed by atoms with Crippen molar-refractivity contribution in [2.24, 2.45) is 0 Å². The summed E-state index contributed by atoms with van der Waals surface area (Å²) in [6.07, 6.45) is 0. The van der Waals surface area contributed by atoms with Crippen molar-refractivity contribution < 1.29 is 22.9 Å². The topological polar surface area (TPSA) is 110 Å². The van der Waals surface area contributed by atoms with Gasteiger partial charge in [-0.25, -0.2) is 8.42 Å². The first-order valence-corrected chi connectivity index (χ1v) is 10.7. The van der Waals surface area contributed by atoms with E-state index in [4.69, 9.17) is 16.3 Å². The Morgan fingerprint density at radius 2 is 1.89 bits per heavy atom. The van der Waals surface area contributed by atoms with Crippen LogP contribution in [0.15, 0.2) is 34.5 Å². The highest BCUT2D eigenvalue weighted by atomic mass is 35.5. The van der Waals surface area contributed by atoms with E-state index in [0.29, 0.717) is 4.34 Å². The minimum Gasteiger partial charge on any atom is -0.496 e. The van der Waals surface area contributed by atoms with Gasteiger partial charge in [-0.05, 0) is 18.2 Å². The Morgan fingerprint density at radius 3 is 2.43 bits per heavy atom. The van der Waals surface area contributed by atoms with Crippen LogP contribution in [-0.4, -0.2) is 61.7 Å². The number of nitro groups is 1. The maximum atomic E-state index is 12.8. The zero-order valence-electron chi connectivity index (χ0n) is 14.7. The molecule has 1 aromatic heterocycles. The summed E-state index contributed by atoms with van der Waals surface area (Å²) in [5, 5.41) is 11.0. The molecule has 1 saturated heterocycles. The molecule has 0 unspecified atom stereocenters. The molecular weight excluding hydrogens is 430 g/mol. The Bertz CT molecular complexity index is 1020. The van der Waals surface area contributed by atoms with Gasteiger partial charge in [-0.3, -0.25) is 14.9 Å². The Labute approximate surface area is 170 Å². The molecule has 1 aromatic carbocycles. The standard InChI is InChI=1S/C16H16ClN3O6S2/c1-26-13-3-2-11(20(22)23)10-12(13)16(21)18-6-8-19(9-7-18)28(24,25)15-5-4-14(17)27-15/h2-5,10H,6-9H2,1H3. The summed E-state index contributed by atoms with van der Waals surface area (Å²) in [5.41, 5.74) is -0.155. The second kappa shape index (κ2) is 8.03. The minimum absolute atomic E-state index is 0.0676. The van der Waals surface area contributed by atoms with Crippen LogP contribution in [0.3, 0.4) is 0 Å². The van der Waals surface area contributed by atoms with E-state index in [1.807, 2.05) is 0 Å². The number of benzene rings is 1. The summed E-state index contributed by atoms with van der Waals surface area (Å²) >= 11 is 6.80. The molecule has 9 nitrogen and oxygen atoms in total. The molecular formula is C16H16ClN3O6S2. The van der Waals surface area contributed by atoms with Gasteiger partial charge in [0, 0.05) is 38.3 Å². The fraction of sp³-hybridized carbons (Fsp3) is 0.312. The van der Waals surface area contributed by atoms with Crippen LogP contribution in [0.5, 0.6) is 5.75 Å². The van der Waals surface area contributed by atoms with Gasteiger partial charge in [-0.2, -0.15) is 4.31 Å². The van der Waals surface area contributed by atoms with Crippen molar-refractivity contribution in [1.29, 1.82) is 0 Å². The number of hydrogen-bond acceptors (Lipinski definition) is 7. The molecule has 0 N–H and O–H groups in total. The number of halogens is 1. The lowest BCUT2D eigenvalue weighted by molar-refractivity contribution is -0.384. The van der Waals surface area contributed by atoms with E-state index in [0.717, 1.165) is 17.4 Å². The summed E-state index contributed by atoms with van der Waals surface area (Å²) in [5.74, 6) is -0.226. The van der Waals surface area contributed by atoms with Crippen molar-refractivity contribution >= 4 is 44.6 Å². The van der Waals surface area contributed by atoms with Crippen molar-refractivity contribution in [2.75, 3.05) is 33.3 Å². The Morgan fingerprint density at radius 1 is 1.21 bits per heavy atom. The number of rotatable bonds is 5.